The number of rotatable bonds is 5. The predicted molar refractivity (Wildman–Crippen MR) is 66.4 cm³/mol. The van der Waals surface area contributed by atoms with Crippen LogP contribution in [-0.2, 0) is 11.2 Å². The first-order chi connectivity index (χ1) is 8.13. The maximum absolute atomic E-state index is 11.7. The van der Waals surface area contributed by atoms with Crippen molar-refractivity contribution in [3.63, 3.8) is 0 Å². The topological polar surface area (TPSA) is 43.4 Å². The van der Waals surface area contributed by atoms with E-state index in [0.717, 1.165) is 5.56 Å². The number of aryl methyl sites for hydroxylation is 1. The van der Waals surface area contributed by atoms with Crippen molar-refractivity contribution >= 4 is 11.8 Å². The molecule has 1 aromatic rings. The van der Waals surface area contributed by atoms with Crippen LogP contribution in [0.15, 0.2) is 18.2 Å². The molecule has 0 saturated heterocycles. The van der Waals surface area contributed by atoms with Gasteiger partial charge in [-0.25, -0.2) is 4.79 Å². The lowest BCUT2D eigenvalue weighted by molar-refractivity contribution is 0.0525. The molecule has 0 bridgehead atoms. The molecule has 0 spiro atoms. The molecule has 0 N–H and O–H groups in total. The van der Waals surface area contributed by atoms with Gasteiger partial charge in [-0.05, 0) is 31.0 Å². The Balaban J connectivity index is 3.09. The minimum atomic E-state index is -0.320. The zero-order valence-electron chi connectivity index (χ0n) is 10.6. The van der Waals surface area contributed by atoms with E-state index in [9.17, 15) is 9.59 Å². The largest absolute Gasteiger partial charge is 0.462 e. The van der Waals surface area contributed by atoms with Crippen LogP contribution < -0.4 is 0 Å². The highest BCUT2D eigenvalue weighted by Crippen LogP contribution is 2.15. The van der Waals surface area contributed by atoms with Gasteiger partial charge in [0.15, 0.2) is 5.78 Å². The number of hydrogen-bond donors (Lipinski definition) is 0. The molecular weight excluding hydrogens is 216 g/mol. The molecule has 0 aromatic heterocycles. The van der Waals surface area contributed by atoms with Crippen LogP contribution >= 0.6 is 0 Å². The zero-order valence-corrected chi connectivity index (χ0v) is 10.6. The van der Waals surface area contributed by atoms with Crippen LogP contribution in [0.25, 0.3) is 0 Å². The Morgan fingerprint density at radius 2 is 1.88 bits per heavy atom. The van der Waals surface area contributed by atoms with Gasteiger partial charge in [0.1, 0.15) is 0 Å². The summed E-state index contributed by atoms with van der Waals surface area (Å²) < 4.78 is 4.97. The van der Waals surface area contributed by atoms with Crippen molar-refractivity contribution in [1.82, 2.24) is 0 Å². The molecule has 3 nitrogen and oxygen atoms in total. The Morgan fingerprint density at radius 3 is 2.41 bits per heavy atom. The summed E-state index contributed by atoms with van der Waals surface area (Å²) in [5.74, 6) is -0.227. The number of ketones is 1. The van der Waals surface area contributed by atoms with Crippen LogP contribution in [0, 0.1) is 0 Å². The Labute approximate surface area is 102 Å². The molecule has 0 heterocycles. The van der Waals surface area contributed by atoms with Crippen molar-refractivity contribution in [3.8, 4) is 0 Å². The van der Waals surface area contributed by atoms with Gasteiger partial charge in [0, 0.05) is 12.0 Å². The van der Waals surface area contributed by atoms with Gasteiger partial charge in [0.25, 0.3) is 0 Å². The monoisotopic (exact) mass is 234 g/mol. The maximum atomic E-state index is 11.7. The highest BCUT2D eigenvalue weighted by molar-refractivity contribution is 5.98. The molecule has 0 aliphatic rings. The summed E-state index contributed by atoms with van der Waals surface area (Å²) in [6.07, 6.45) is 1.18. The number of hydrogen-bond acceptors (Lipinski definition) is 3. The second-order valence-electron chi connectivity index (χ2n) is 3.72. The first-order valence-electron chi connectivity index (χ1n) is 5.97. The molecule has 92 valence electrons. The van der Waals surface area contributed by atoms with E-state index in [1.807, 2.05) is 13.8 Å². The van der Waals surface area contributed by atoms with Crippen LogP contribution in [0.5, 0.6) is 0 Å². The third-order valence-corrected chi connectivity index (χ3v) is 2.62. The van der Waals surface area contributed by atoms with Gasteiger partial charge < -0.3 is 4.74 Å². The summed E-state index contributed by atoms with van der Waals surface area (Å²) in [5.41, 5.74) is 2.09. The summed E-state index contributed by atoms with van der Waals surface area (Å²) in [6.45, 7) is 5.92. The molecule has 0 aliphatic carbocycles. The molecule has 3 heteroatoms. The van der Waals surface area contributed by atoms with Crippen LogP contribution in [0.4, 0.5) is 0 Å². The predicted octanol–water partition coefficient (Wildman–Crippen LogP) is 3.02. The molecule has 1 aromatic carbocycles. The van der Waals surface area contributed by atoms with Gasteiger partial charge in [-0.15, -0.1) is 0 Å². The third kappa shape index (κ3) is 3.16. The second-order valence-corrected chi connectivity index (χ2v) is 3.72. The zero-order chi connectivity index (χ0) is 12.8. The number of Topliss-reactive ketones (excluding diaryl/α,β-unsaturated/α-hetero) is 1. The van der Waals surface area contributed by atoms with Gasteiger partial charge in [0.05, 0.1) is 12.2 Å². The van der Waals surface area contributed by atoms with Gasteiger partial charge in [-0.1, -0.05) is 19.9 Å². The van der Waals surface area contributed by atoms with Crippen molar-refractivity contribution in [3.05, 3.63) is 34.9 Å². The fourth-order valence-corrected chi connectivity index (χ4v) is 1.67. The highest BCUT2D eigenvalue weighted by atomic mass is 16.5. The summed E-state index contributed by atoms with van der Waals surface area (Å²) >= 11 is 0. The summed E-state index contributed by atoms with van der Waals surface area (Å²) in [5, 5.41) is 0. The molecule has 0 unspecified atom stereocenters. The molecule has 0 fully saturated rings. The van der Waals surface area contributed by atoms with E-state index in [1.54, 1.807) is 25.1 Å². The summed E-state index contributed by atoms with van der Waals surface area (Å²) in [4.78, 5) is 23.2. The molecule has 1 rings (SSSR count). The SMILES string of the molecule is CCOC(=O)c1ccc(C(=O)CC)cc1CC. The average molecular weight is 234 g/mol. The number of benzene rings is 1. The quantitative estimate of drug-likeness (QED) is 0.581. The molecule has 0 aliphatic heterocycles. The lowest BCUT2D eigenvalue weighted by Crippen LogP contribution is -2.09. The number of carbonyl (C=O) groups excluding carboxylic acids is 2. The van der Waals surface area contributed by atoms with E-state index in [4.69, 9.17) is 4.74 Å². The van der Waals surface area contributed by atoms with Crippen molar-refractivity contribution in [2.75, 3.05) is 6.61 Å². The Hall–Kier alpha value is -1.64. The smallest absolute Gasteiger partial charge is 0.338 e. The van der Waals surface area contributed by atoms with Crippen molar-refractivity contribution in [1.29, 1.82) is 0 Å². The molecule has 0 atom stereocenters. The van der Waals surface area contributed by atoms with Crippen LogP contribution in [0.3, 0.4) is 0 Å². The van der Waals surface area contributed by atoms with E-state index in [-0.39, 0.29) is 11.8 Å². The average Bonchev–Trinajstić information content (AvgIpc) is 2.37. The molecule has 0 saturated carbocycles. The Morgan fingerprint density at radius 1 is 1.18 bits per heavy atom. The fraction of sp³-hybridized carbons (Fsp3) is 0.429. The van der Waals surface area contributed by atoms with Crippen LogP contribution in [0.1, 0.15) is 53.5 Å². The number of esters is 1. The van der Waals surface area contributed by atoms with E-state index in [2.05, 4.69) is 0 Å². The highest BCUT2D eigenvalue weighted by Gasteiger charge is 2.13. The Bertz CT molecular complexity index is 421. The second kappa shape index (κ2) is 6.18. The number of ether oxygens (including phenoxy) is 1. The van der Waals surface area contributed by atoms with E-state index in [0.29, 0.717) is 30.6 Å². The summed E-state index contributed by atoms with van der Waals surface area (Å²) in [6, 6.07) is 5.16. The van der Waals surface area contributed by atoms with Crippen molar-refractivity contribution in [2.45, 2.75) is 33.6 Å². The molecule has 0 radical (unpaired) electrons. The first kappa shape index (κ1) is 13.4. The lowest BCUT2D eigenvalue weighted by Gasteiger charge is -2.08. The number of carbonyl (C=O) groups is 2. The standard InChI is InChI=1S/C14H18O3/c1-4-10-9-11(13(15)5-2)7-8-12(10)14(16)17-6-3/h7-9H,4-6H2,1-3H3. The van der Waals surface area contributed by atoms with Gasteiger partial charge in [-0.3, -0.25) is 4.79 Å². The van der Waals surface area contributed by atoms with E-state index < -0.39 is 0 Å². The van der Waals surface area contributed by atoms with Gasteiger partial charge in [0.2, 0.25) is 0 Å². The molecule has 17 heavy (non-hydrogen) atoms. The maximum Gasteiger partial charge on any atom is 0.338 e. The third-order valence-electron chi connectivity index (χ3n) is 2.62. The van der Waals surface area contributed by atoms with Gasteiger partial charge >= 0.3 is 5.97 Å². The van der Waals surface area contributed by atoms with E-state index in [1.165, 1.54) is 0 Å². The van der Waals surface area contributed by atoms with Crippen molar-refractivity contribution in [2.24, 2.45) is 0 Å². The van der Waals surface area contributed by atoms with Crippen LogP contribution in [0.2, 0.25) is 0 Å². The lowest BCUT2D eigenvalue weighted by atomic mass is 9.99. The van der Waals surface area contributed by atoms with Crippen LogP contribution in [-0.4, -0.2) is 18.4 Å². The van der Waals surface area contributed by atoms with Crippen molar-refractivity contribution < 1.29 is 14.3 Å². The molecule has 0 amide bonds. The minimum absolute atomic E-state index is 0.0927. The Kier molecular flexibility index (Phi) is 4.88. The fourth-order valence-electron chi connectivity index (χ4n) is 1.67. The van der Waals surface area contributed by atoms with E-state index >= 15 is 0 Å². The van der Waals surface area contributed by atoms with Gasteiger partial charge in [-0.2, -0.15) is 0 Å². The molecular formula is C14H18O3. The normalized spacial score (nSPS) is 10.1. The minimum Gasteiger partial charge on any atom is -0.462 e. The first-order valence-corrected chi connectivity index (χ1v) is 5.97. The summed E-state index contributed by atoms with van der Waals surface area (Å²) in [7, 11) is 0.